The zero-order chi connectivity index (χ0) is 16.1. The molecule has 0 aliphatic carbocycles. The van der Waals surface area contributed by atoms with Crippen molar-refractivity contribution in [1.82, 2.24) is 20.8 Å². The van der Waals surface area contributed by atoms with Crippen LogP contribution in [0.3, 0.4) is 0 Å². The maximum absolute atomic E-state index is 11.8. The van der Waals surface area contributed by atoms with E-state index in [0.29, 0.717) is 5.69 Å². The number of nitro groups is 1. The molecule has 2 amide bonds. The van der Waals surface area contributed by atoms with Gasteiger partial charge in [-0.2, -0.15) is 0 Å². The summed E-state index contributed by atoms with van der Waals surface area (Å²) in [5, 5.41) is 10.5. The Kier molecular flexibility index (Phi) is 4.37. The highest BCUT2D eigenvalue weighted by Gasteiger charge is 2.12. The lowest BCUT2D eigenvalue weighted by Crippen LogP contribution is -2.42. The molecule has 0 spiro atoms. The Bertz CT molecular complexity index is 712. The third kappa shape index (κ3) is 3.60. The van der Waals surface area contributed by atoms with Crippen LogP contribution >= 0.6 is 0 Å². The van der Waals surface area contributed by atoms with Crippen LogP contribution in [-0.2, 0) is 0 Å². The Labute approximate surface area is 124 Å². The number of non-ortho nitro benzene ring substituents is 1. The molecule has 22 heavy (non-hydrogen) atoms. The van der Waals surface area contributed by atoms with Crippen LogP contribution in [0, 0.1) is 17.0 Å². The summed E-state index contributed by atoms with van der Waals surface area (Å²) in [6.07, 6.45) is 2.70. The second kappa shape index (κ2) is 6.39. The molecule has 0 bridgehead atoms. The molecule has 1 aromatic carbocycles. The first-order valence-electron chi connectivity index (χ1n) is 6.11. The number of hydrogen-bond donors (Lipinski definition) is 2. The van der Waals surface area contributed by atoms with Crippen LogP contribution in [0.1, 0.15) is 26.5 Å². The van der Waals surface area contributed by atoms with E-state index in [1.807, 2.05) is 0 Å². The predicted octanol–water partition coefficient (Wildman–Crippen LogP) is 0.768. The molecular weight excluding hydrogens is 290 g/mol. The van der Waals surface area contributed by atoms with Crippen molar-refractivity contribution in [3.8, 4) is 0 Å². The minimum Gasteiger partial charge on any atom is -0.267 e. The third-order valence-electron chi connectivity index (χ3n) is 2.64. The summed E-state index contributed by atoms with van der Waals surface area (Å²) in [4.78, 5) is 41.2. The summed E-state index contributed by atoms with van der Waals surface area (Å²) in [5.41, 5.74) is 5.11. The second-order valence-electron chi connectivity index (χ2n) is 4.26. The molecule has 9 nitrogen and oxygen atoms in total. The number of carbonyl (C=O) groups is 2. The molecule has 0 saturated heterocycles. The summed E-state index contributed by atoms with van der Waals surface area (Å²) in [5.74, 6) is -1.23. The highest BCUT2D eigenvalue weighted by atomic mass is 16.6. The summed E-state index contributed by atoms with van der Waals surface area (Å²) in [6, 6.07) is 4.96. The van der Waals surface area contributed by atoms with Gasteiger partial charge in [-0.1, -0.05) is 0 Å². The Morgan fingerprint density at radius 1 is 1.05 bits per heavy atom. The quantitative estimate of drug-likeness (QED) is 0.636. The third-order valence-corrected chi connectivity index (χ3v) is 2.64. The van der Waals surface area contributed by atoms with Crippen molar-refractivity contribution >= 4 is 17.5 Å². The van der Waals surface area contributed by atoms with Crippen LogP contribution < -0.4 is 10.9 Å². The molecule has 1 heterocycles. The van der Waals surface area contributed by atoms with Crippen LogP contribution in [0.25, 0.3) is 0 Å². The average molecular weight is 301 g/mol. The molecule has 112 valence electrons. The Hall–Kier alpha value is -3.36. The molecule has 0 saturated carbocycles. The van der Waals surface area contributed by atoms with Crippen molar-refractivity contribution in [1.29, 1.82) is 0 Å². The minimum atomic E-state index is -0.622. The van der Waals surface area contributed by atoms with Gasteiger partial charge < -0.3 is 0 Å². The highest BCUT2D eigenvalue weighted by Crippen LogP contribution is 2.11. The molecule has 0 atom stereocenters. The number of rotatable bonds is 3. The van der Waals surface area contributed by atoms with Crippen LogP contribution in [0.2, 0.25) is 0 Å². The van der Waals surface area contributed by atoms with Gasteiger partial charge >= 0.3 is 0 Å². The zero-order valence-corrected chi connectivity index (χ0v) is 11.4. The SMILES string of the molecule is Cc1cnc(C(=O)NNC(=O)c2ccc([N+](=O)[O-])cc2)cn1. The molecule has 0 unspecified atom stereocenters. The van der Waals surface area contributed by atoms with Gasteiger partial charge in [0.1, 0.15) is 5.69 Å². The lowest BCUT2D eigenvalue weighted by Gasteiger charge is -2.06. The first-order chi connectivity index (χ1) is 10.5. The van der Waals surface area contributed by atoms with E-state index in [1.165, 1.54) is 36.7 Å². The van der Waals surface area contributed by atoms with Gasteiger partial charge in [0.2, 0.25) is 0 Å². The monoisotopic (exact) mass is 301 g/mol. The van der Waals surface area contributed by atoms with Crippen LogP contribution in [-0.4, -0.2) is 26.7 Å². The van der Waals surface area contributed by atoms with Crippen LogP contribution in [0.15, 0.2) is 36.7 Å². The number of nitrogens with zero attached hydrogens (tertiary/aromatic N) is 3. The molecule has 2 aromatic rings. The summed E-state index contributed by atoms with van der Waals surface area (Å²) >= 11 is 0. The van der Waals surface area contributed by atoms with Gasteiger partial charge in [-0.25, -0.2) is 4.98 Å². The summed E-state index contributed by atoms with van der Waals surface area (Å²) in [6.45, 7) is 1.73. The lowest BCUT2D eigenvalue weighted by atomic mass is 10.2. The molecule has 0 radical (unpaired) electrons. The predicted molar refractivity (Wildman–Crippen MR) is 74.8 cm³/mol. The van der Waals surface area contributed by atoms with Crippen molar-refractivity contribution in [3.05, 3.63) is 63.7 Å². The van der Waals surface area contributed by atoms with Crippen molar-refractivity contribution in [2.24, 2.45) is 0 Å². The summed E-state index contributed by atoms with van der Waals surface area (Å²) in [7, 11) is 0. The van der Waals surface area contributed by atoms with Gasteiger partial charge in [-0.05, 0) is 19.1 Å². The number of nitrogens with one attached hydrogen (secondary N) is 2. The maximum Gasteiger partial charge on any atom is 0.289 e. The van der Waals surface area contributed by atoms with Crippen molar-refractivity contribution in [3.63, 3.8) is 0 Å². The number of benzene rings is 1. The molecular formula is C13H11N5O4. The number of amides is 2. The molecule has 9 heteroatoms. The van der Waals surface area contributed by atoms with E-state index in [-0.39, 0.29) is 16.9 Å². The van der Waals surface area contributed by atoms with E-state index < -0.39 is 16.7 Å². The Morgan fingerprint density at radius 2 is 1.68 bits per heavy atom. The summed E-state index contributed by atoms with van der Waals surface area (Å²) < 4.78 is 0. The molecule has 0 fully saturated rings. The van der Waals surface area contributed by atoms with Crippen molar-refractivity contribution in [2.75, 3.05) is 0 Å². The number of aromatic nitrogens is 2. The van der Waals surface area contributed by atoms with E-state index >= 15 is 0 Å². The van der Waals surface area contributed by atoms with Crippen molar-refractivity contribution in [2.45, 2.75) is 6.92 Å². The van der Waals surface area contributed by atoms with Crippen LogP contribution in [0.4, 0.5) is 5.69 Å². The highest BCUT2D eigenvalue weighted by molar-refractivity contribution is 5.98. The molecule has 0 aliphatic rings. The van der Waals surface area contributed by atoms with E-state index in [9.17, 15) is 19.7 Å². The fourth-order valence-corrected chi connectivity index (χ4v) is 1.49. The van der Waals surface area contributed by atoms with E-state index in [1.54, 1.807) is 6.92 Å². The van der Waals surface area contributed by atoms with Gasteiger partial charge in [-0.3, -0.25) is 35.5 Å². The standard InChI is InChI=1S/C13H11N5O4/c1-8-6-15-11(7-14-8)13(20)17-16-12(19)9-2-4-10(5-3-9)18(21)22/h2-7H,1H3,(H,16,19)(H,17,20). The zero-order valence-electron chi connectivity index (χ0n) is 11.4. The number of hydrogen-bond acceptors (Lipinski definition) is 6. The van der Waals surface area contributed by atoms with Gasteiger partial charge in [0.15, 0.2) is 0 Å². The smallest absolute Gasteiger partial charge is 0.267 e. The molecule has 2 N–H and O–H groups in total. The van der Waals surface area contributed by atoms with E-state index in [0.717, 1.165) is 0 Å². The fourth-order valence-electron chi connectivity index (χ4n) is 1.49. The lowest BCUT2D eigenvalue weighted by molar-refractivity contribution is -0.384. The van der Waals surface area contributed by atoms with E-state index in [4.69, 9.17) is 0 Å². The maximum atomic E-state index is 11.8. The molecule has 0 aliphatic heterocycles. The van der Waals surface area contributed by atoms with Gasteiger partial charge in [-0.15, -0.1) is 0 Å². The Balaban J connectivity index is 1.96. The second-order valence-corrected chi connectivity index (χ2v) is 4.26. The Morgan fingerprint density at radius 3 is 2.23 bits per heavy atom. The van der Waals surface area contributed by atoms with Crippen LogP contribution in [0.5, 0.6) is 0 Å². The van der Waals surface area contributed by atoms with Crippen molar-refractivity contribution < 1.29 is 14.5 Å². The largest absolute Gasteiger partial charge is 0.289 e. The van der Waals surface area contributed by atoms with E-state index in [2.05, 4.69) is 20.8 Å². The molecule has 1 aromatic heterocycles. The first-order valence-corrected chi connectivity index (χ1v) is 6.11. The first kappa shape index (κ1) is 15.0. The average Bonchev–Trinajstić information content (AvgIpc) is 2.53. The number of carbonyl (C=O) groups excluding carboxylic acids is 2. The van der Waals surface area contributed by atoms with Gasteiger partial charge in [0.05, 0.1) is 16.8 Å². The van der Waals surface area contributed by atoms with Gasteiger partial charge in [0.25, 0.3) is 17.5 Å². The number of nitro benzene ring substituents is 1. The molecule has 2 rings (SSSR count). The minimum absolute atomic E-state index is 0.0506. The van der Waals surface area contributed by atoms with Gasteiger partial charge in [0, 0.05) is 23.9 Å². The topological polar surface area (TPSA) is 127 Å². The number of hydrazine groups is 1. The fraction of sp³-hybridized carbons (Fsp3) is 0.0769. The normalized spacial score (nSPS) is 9.86. The number of aryl methyl sites for hydroxylation is 1.